The first-order chi connectivity index (χ1) is 27.5. The summed E-state index contributed by atoms with van der Waals surface area (Å²) in [5.74, 6) is -0.647. The molecular weight excluding hydrogens is 809 g/mol. The number of carbonyl (C=O) groups excluding carboxylic acids is 4. The zero-order chi connectivity index (χ0) is 41.9. The second kappa shape index (κ2) is 18.3. The highest BCUT2D eigenvalue weighted by Gasteiger charge is 2.51. The van der Waals surface area contributed by atoms with Crippen molar-refractivity contribution in [2.45, 2.75) is 70.8 Å². The van der Waals surface area contributed by atoms with E-state index in [1.165, 1.54) is 6.07 Å². The van der Waals surface area contributed by atoms with E-state index in [0.29, 0.717) is 55.3 Å². The lowest BCUT2D eigenvalue weighted by Crippen LogP contribution is -2.54. The van der Waals surface area contributed by atoms with Crippen LogP contribution >= 0.6 is 24.6 Å². The summed E-state index contributed by atoms with van der Waals surface area (Å²) < 4.78 is 47.6. The average molecular weight is 855 g/mol. The van der Waals surface area contributed by atoms with Crippen molar-refractivity contribution < 1.29 is 37.1 Å². The van der Waals surface area contributed by atoms with E-state index < -0.39 is 34.8 Å². The summed E-state index contributed by atoms with van der Waals surface area (Å²) >= 11 is 5.71. The molecule has 3 fully saturated rings. The van der Waals surface area contributed by atoms with Gasteiger partial charge >= 0.3 is 6.18 Å². The quantitative estimate of drug-likeness (QED) is 0.152. The molecule has 4 amide bonds. The first-order valence-electron chi connectivity index (χ1n) is 19.0. The Hall–Kier alpha value is -5.28. The number of ether oxygens (including phenoxy) is 1. The lowest BCUT2D eigenvalue weighted by Gasteiger charge is -2.39. The number of aryl methyl sites for hydroxylation is 1. The normalized spacial score (nSPS) is 19.8. The molecule has 13 nitrogen and oxygen atoms in total. The van der Waals surface area contributed by atoms with Gasteiger partial charge in [0.25, 0.3) is 5.91 Å². The Bertz CT molecular complexity index is 2170. The SMILES string of the molecule is CCc1cc(N2C(=S)N(c3ccc(C#N)c(C(F)(F)F)c3)C(=O)C2(C)C)ccc1OCCN1CCN(CC(=O)Nc2cccc(NC3CCC(=O)NC3=O)c2)[C@H](C)C1.Cl. The number of halogens is 4. The van der Waals surface area contributed by atoms with Gasteiger partial charge in [-0.25, -0.2) is 0 Å². The Kier molecular flexibility index (Phi) is 13.9. The van der Waals surface area contributed by atoms with Crippen LogP contribution < -0.4 is 30.5 Å². The molecular formula is C41H46ClF3N8O5S. The fraction of sp³-hybridized carbons (Fsp3) is 0.415. The first kappa shape index (κ1) is 44.8. The van der Waals surface area contributed by atoms with Crippen LogP contribution in [0.2, 0.25) is 0 Å². The maximum absolute atomic E-state index is 13.8. The van der Waals surface area contributed by atoms with Crippen LogP contribution in [0.4, 0.5) is 35.9 Å². The molecule has 3 aliphatic heterocycles. The lowest BCUT2D eigenvalue weighted by atomic mass is 10.0. The Morgan fingerprint density at radius 1 is 1.05 bits per heavy atom. The number of nitrogens with one attached hydrogen (secondary N) is 3. The number of carbonyl (C=O) groups is 4. The third kappa shape index (κ3) is 9.96. The number of rotatable bonds is 12. The molecule has 0 bridgehead atoms. The van der Waals surface area contributed by atoms with Crippen molar-refractivity contribution in [1.29, 1.82) is 5.26 Å². The number of piperazine rings is 1. The van der Waals surface area contributed by atoms with Gasteiger partial charge in [0.05, 0.1) is 29.4 Å². The monoisotopic (exact) mass is 854 g/mol. The summed E-state index contributed by atoms with van der Waals surface area (Å²) in [4.78, 5) is 57.4. The number of anilines is 4. The largest absolute Gasteiger partial charge is 0.492 e. The van der Waals surface area contributed by atoms with Crippen LogP contribution in [0.3, 0.4) is 0 Å². The van der Waals surface area contributed by atoms with Crippen molar-refractivity contribution >= 4 is 76.1 Å². The number of thiocarbonyl (C=S) groups is 1. The fourth-order valence-corrected chi connectivity index (χ4v) is 8.00. The number of benzene rings is 3. The molecule has 0 saturated carbocycles. The summed E-state index contributed by atoms with van der Waals surface area (Å²) in [6.45, 7) is 10.8. The van der Waals surface area contributed by atoms with Gasteiger partial charge in [-0.05, 0) is 106 Å². The third-order valence-electron chi connectivity index (χ3n) is 10.6. The molecule has 0 radical (unpaired) electrons. The summed E-state index contributed by atoms with van der Waals surface area (Å²) in [6, 6.07) is 16.8. The zero-order valence-corrected chi connectivity index (χ0v) is 34.7. The van der Waals surface area contributed by atoms with Crippen LogP contribution in [-0.2, 0) is 31.8 Å². The molecule has 0 spiro atoms. The van der Waals surface area contributed by atoms with Crippen molar-refractivity contribution in [2.75, 3.05) is 59.8 Å². The van der Waals surface area contributed by atoms with Crippen molar-refractivity contribution in [2.24, 2.45) is 0 Å². The molecule has 2 atom stereocenters. The van der Waals surface area contributed by atoms with Crippen LogP contribution in [0.5, 0.6) is 5.75 Å². The maximum atomic E-state index is 13.8. The highest BCUT2D eigenvalue weighted by Crippen LogP contribution is 2.40. The molecule has 18 heteroatoms. The second-order valence-electron chi connectivity index (χ2n) is 15.0. The number of imide groups is 1. The molecule has 0 aromatic heterocycles. The molecule has 3 heterocycles. The first-order valence-corrected chi connectivity index (χ1v) is 19.4. The van der Waals surface area contributed by atoms with Gasteiger partial charge in [0.2, 0.25) is 17.7 Å². The topological polar surface area (TPSA) is 150 Å². The number of hydrogen-bond donors (Lipinski definition) is 3. The number of nitriles is 1. The smallest absolute Gasteiger partial charge is 0.417 e. The standard InChI is InChI=1S/C41H45F3N8O5S.ClH/c1-5-26-19-31(52-39(58)51(38(56)40(52,3)4)30-10-9-27(22-45)32(21-30)41(42,43)44)11-13-34(26)57-18-17-49-15-16-50(25(2)23-49)24-36(54)47-29-8-6-7-28(20-29)46-33-12-14-35(53)48-37(33)55;/h6-11,13,19-21,25,33,46H,5,12,14-18,23-24H2,1-4H3,(H,47,54)(H,48,53,55);1H/t25-,33?;/m1./s1. The van der Waals surface area contributed by atoms with E-state index in [-0.39, 0.29) is 59.9 Å². The Morgan fingerprint density at radius 3 is 2.46 bits per heavy atom. The van der Waals surface area contributed by atoms with E-state index in [2.05, 4.69) is 32.7 Å². The third-order valence-corrected chi connectivity index (χ3v) is 11.0. The minimum absolute atomic E-state index is 0. The molecule has 3 N–H and O–H groups in total. The zero-order valence-electron chi connectivity index (χ0n) is 33.0. The van der Waals surface area contributed by atoms with Gasteiger partial charge in [0.1, 0.15) is 23.9 Å². The van der Waals surface area contributed by atoms with Crippen LogP contribution in [0.15, 0.2) is 60.7 Å². The number of piperidine rings is 1. The van der Waals surface area contributed by atoms with Gasteiger partial charge in [-0.3, -0.25) is 39.2 Å². The summed E-state index contributed by atoms with van der Waals surface area (Å²) in [7, 11) is 0. The molecule has 6 rings (SSSR count). The minimum atomic E-state index is -4.80. The number of amides is 4. The van der Waals surface area contributed by atoms with Gasteiger partial charge in [0, 0.05) is 55.7 Å². The lowest BCUT2D eigenvalue weighted by molar-refractivity contribution is -0.138. The summed E-state index contributed by atoms with van der Waals surface area (Å²) in [6.07, 6.45) is -3.53. The molecule has 3 aromatic rings. The molecule has 1 unspecified atom stereocenters. The number of nitrogens with zero attached hydrogens (tertiary/aromatic N) is 5. The predicted molar refractivity (Wildman–Crippen MR) is 224 cm³/mol. The molecule has 0 aliphatic carbocycles. The van der Waals surface area contributed by atoms with Gasteiger partial charge in [-0.1, -0.05) is 13.0 Å². The van der Waals surface area contributed by atoms with Crippen LogP contribution in [0, 0.1) is 11.3 Å². The predicted octanol–water partition coefficient (Wildman–Crippen LogP) is 5.72. The van der Waals surface area contributed by atoms with E-state index in [1.54, 1.807) is 55.1 Å². The van der Waals surface area contributed by atoms with Crippen molar-refractivity contribution in [3.63, 3.8) is 0 Å². The molecule has 3 saturated heterocycles. The molecule has 314 valence electrons. The van der Waals surface area contributed by atoms with Gasteiger partial charge in [0.15, 0.2) is 5.11 Å². The Morgan fingerprint density at radius 2 is 1.78 bits per heavy atom. The molecule has 3 aliphatic rings. The van der Waals surface area contributed by atoms with E-state index >= 15 is 0 Å². The van der Waals surface area contributed by atoms with Crippen molar-refractivity contribution in [3.05, 3.63) is 77.4 Å². The van der Waals surface area contributed by atoms with E-state index in [1.807, 2.05) is 19.1 Å². The van der Waals surface area contributed by atoms with E-state index in [0.717, 1.165) is 35.7 Å². The average Bonchev–Trinajstić information content (AvgIpc) is 3.35. The summed E-state index contributed by atoms with van der Waals surface area (Å²) in [5, 5.41) is 17.7. The van der Waals surface area contributed by atoms with Gasteiger partial charge < -0.3 is 20.3 Å². The van der Waals surface area contributed by atoms with Crippen molar-refractivity contribution in [3.8, 4) is 11.8 Å². The van der Waals surface area contributed by atoms with Gasteiger partial charge in [-0.15, -0.1) is 12.4 Å². The van der Waals surface area contributed by atoms with Crippen molar-refractivity contribution in [1.82, 2.24) is 15.1 Å². The van der Waals surface area contributed by atoms with Gasteiger partial charge in [-0.2, -0.15) is 18.4 Å². The number of hydrogen-bond acceptors (Lipinski definition) is 10. The second-order valence-corrected chi connectivity index (χ2v) is 15.4. The Balaban J connectivity index is 0.00000661. The molecule has 59 heavy (non-hydrogen) atoms. The van der Waals surface area contributed by atoms with Crippen LogP contribution in [-0.4, -0.2) is 95.5 Å². The van der Waals surface area contributed by atoms with Crippen LogP contribution in [0.25, 0.3) is 0 Å². The Labute approximate surface area is 352 Å². The van der Waals surface area contributed by atoms with Crippen LogP contribution in [0.1, 0.15) is 57.2 Å². The highest BCUT2D eigenvalue weighted by molar-refractivity contribution is 7.81. The highest BCUT2D eigenvalue weighted by atomic mass is 35.5. The minimum Gasteiger partial charge on any atom is -0.492 e. The maximum Gasteiger partial charge on any atom is 0.417 e. The van der Waals surface area contributed by atoms with E-state index in [4.69, 9.17) is 17.0 Å². The number of alkyl halides is 3. The summed E-state index contributed by atoms with van der Waals surface area (Å²) in [5.41, 5.74) is -0.279. The van der Waals surface area contributed by atoms with E-state index in [9.17, 15) is 37.6 Å². The molecule has 3 aromatic carbocycles. The fourth-order valence-electron chi connectivity index (χ4n) is 7.48.